The standard InChI is InChI=1S/C35H37ClN4O4S/c1-43-35(42)40(34(41)33(37)32(25-8-3-2-4-9-25)26-17-19-38-20-18-26)31-10-6-5-7-24(31)11-14-28-21-39-22-29(44-28)23-45-30-15-12-27(36)13-16-30/h2-10,12-13,15-20,28-29,32-33,39H,11,14,21-23,37H2,1H3/t28-,29+,32?,33?/m1/s1. The lowest BCUT2D eigenvalue weighted by Gasteiger charge is -2.32. The summed E-state index contributed by atoms with van der Waals surface area (Å²) < 4.78 is 11.5. The van der Waals surface area contributed by atoms with Crippen molar-refractivity contribution in [2.75, 3.05) is 30.9 Å². The van der Waals surface area contributed by atoms with Crippen molar-refractivity contribution in [2.24, 2.45) is 5.73 Å². The Bertz CT molecular complexity index is 1510. The van der Waals surface area contributed by atoms with Gasteiger partial charge in [0.25, 0.3) is 5.91 Å². The third-order valence-electron chi connectivity index (χ3n) is 7.79. The van der Waals surface area contributed by atoms with Gasteiger partial charge in [-0.25, -0.2) is 9.69 Å². The molecule has 45 heavy (non-hydrogen) atoms. The number of carbonyl (C=O) groups excluding carboxylic acids is 2. The zero-order valence-electron chi connectivity index (χ0n) is 25.1. The molecule has 0 radical (unpaired) electrons. The number of pyridine rings is 1. The van der Waals surface area contributed by atoms with Crippen LogP contribution in [0.3, 0.4) is 0 Å². The van der Waals surface area contributed by atoms with Crippen molar-refractivity contribution in [3.63, 3.8) is 0 Å². The maximum absolute atomic E-state index is 14.2. The van der Waals surface area contributed by atoms with E-state index in [9.17, 15) is 9.59 Å². The number of benzene rings is 3. The number of para-hydroxylation sites is 1. The maximum atomic E-state index is 14.2. The first-order valence-corrected chi connectivity index (χ1v) is 16.3. The van der Waals surface area contributed by atoms with Gasteiger partial charge in [0.15, 0.2) is 0 Å². The fourth-order valence-electron chi connectivity index (χ4n) is 5.55. The Morgan fingerprint density at radius 3 is 2.38 bits per heavy atom. The lowest BCUT2D eigenvalue weighted by molar-refractivity contribution is -0.119. The third kappa shape index (κ3) is 8.51. The van der Waals surface area contributed by atoms with E-state index in [0.29, 0.717) is 18.5 Å². The van der Waals surface area contributed by atoms with Crippen molar-refractivity contribution in [3.8, 4) is 0 Å². The van der Waals surface area contributed by atoms with E-state index in [-0.39, 0.29) is 12.2 Å². The van der Waals surface area contributed by atoms with Gasteiger partial charge in [-0.05, 0) is 72.0 Å². The van der Waals surface area contributed by atoms with E-state index in [0.717, 1.165) is 50.4 Å². The molecule has 0 saturated carbocycles. The number of nitrogens with zero attached hydrogens (tertiary/aromatic N) is 2. The summed E-state index contributed by atoms with van der Waals surface area (Å²) in [5.74, 6) is -0.259. The highest BCUT2D eigenvalue weighted by atomic mass is 35.5. The molecule has 2 amide bonds. The minimum absolute atomic E-state index is 0.0266. The number of nitrogens with two attached hydrogens (primary N) is 1. The van der Waals surface area contributed by atoms with Gasteiger partial charge in [0.1, 0.15) is 0 Å². The molecule has 1 fully saturated rings. The first-order chi connectivity index (χ1) is 21.9. The van der Waals surface area contributed by atoms with Crippen LogP contribution in [0.4, 0.5) is 10.5 Å². The number of methoxy groups -OCH3 is 1. The van der Waals surface area contributed by atoms with Crippen LogP contribution in [0.1, 0.15) is 29.0 Å². The van der Waals surface area contributed by atoms with Crippen molar-refractivity contribution >= 4 is 41.1 Å². The lowest BCUT2D eigenvalue weighted by Crippen LogP contribution is -2.50. The summed E-state index contributed by atoms with van der Waals surface area (Å²) in [4.78, 5) is 33.8. The second kappa shape index (κ2) is 16.0. The molecule has 0 bridgehead atoms. The number of amides is 2. The van der Waals surface area contributed by atoms with E-state index in [4.69, 9.17) is 26.8 Å². The molecule has 5 rings (SSSR count). The minimum Gasteiger partial charge on any atom is -0.452 e. The summed E-state index contributed by atoms with van der Waals surface area (Å²) in [6.07, 6.45) is 3.85. The van der Waals surface area contributed by atoms with Gasteiger partial charge in [0.2, 0.25) is 0 Å². The number of anilines is 1. The van der Waals surface area contributed by atoms with Crippen molar-refractivity contribution in [1.82, 2.24) is 10.3 Å². The molecule has 2 heterocycles. The van der Waals surface area contributed by atoms with Crippen LogP contribution in [0.15, 0.2) is 108 Å². The smallest absolute Gasteiger partial charge is 0.420 e. The van der Waals surface area contributed by atoms with Gasteiger partial charge in [-0.2, -0.15) is 0 Å². The predicted octanol–water partition coefficient (Wildman–Crippen LogP) is 6.08. The van der Waals surface area contributed by atoms with Gasteiger partial charge in [-0.3, -0.25) is 9.78 Å². The molecule has 234 valence electrons. The molecule has 4 aromatic rings. The van der Waals surface area contributed by atoms with Gasteiger partial charge in [-0.15, -0.1) is 11.8 Å². The molecule has 10 heteroatoms. The van der Waals surface area contributed by atoms with Crippen LogP contribution in [-0.4, -0.2) is 61.2 Å². The number of aryl methyl sites for hydroxylation is 1. The fourth-order valence-corrected chi connectivity index (χ4v) is 6.58. The largest absolute Gasteiger partial charge is 0.452 e. The Balaban J connectivity index is 1.31. The summed E-state index contributed by atoms with van der Waals surface area (Å²) in [5, 5.41) is 4.21. The number of thioether (sulfide) groups is 1. The van der Waals surface area contributed by atoms with Crippen LogP contribution in [-0.2, 0) is 20.7 Å². The highest BCUT2D eigenvalue weighted by Gasteiger charge is 2.36. The highest BCUT2D eigenvalue weighted by molar-refractivity contribution is 7.99. The second-order valence-corrected chi connectivity index (χ2v) is 12.3. The number of morpholine rings is 1. The van der Waals surface area contributed by atoms with Gasteiger partial charge in [0, 0.05) is 47.1 Å². The Morgan fingerprint density at radius 2 is 1.64 bits per heavy atom. The molecule has 3 N–H and O–H groups in total. The Hall–Kier alpha value is -3.73. The van der Waals surface area contributed by atoms with E-state index in [2.05, 4.69) is 10.3 Å². The SMILES string of the molecule is COC(=O)N(C(=O)C(N)C(c1ccccc1)c1ccncc1)c1ccccc1CC[C@@H]1CNC[C@@H](CSc2ccc(Cl)cc2)O1. The summed E-state index contributed by atoms with van der Waals surface area (Å²) in [6, 6.07) is 27.3. The molecule has 1 aliphatic heterocycles. The third-order valence-corrected chi connectivity index (χ3v) is 9.19. The number of halogens is 1. The van der Waals surface area contributed by atoms with Gasteiger partial charge < -0.3 is 20.5 Å². The van der Waals surface area contributed by atoms with Gasteiger partial charge in [0.05, 0.1) is 31.0 Å². The summed E-state index contributed by atoms with van der Waals surface area (Å²) >= 11 is 7.75. The number of rotatable bonds is 11. The molecule has 1 saturated heterocycles. The number of hydrogen-bond donors (Lipinski definition) is 2. The zero-order valence-corrected chi connectivity index (χ0v) is 26.6. The molecule has 1 aromatic heterocycles. The first kappa shape index (κ1) is 32.7. The summed E-state index contributed by atoms with van der Waals surface area (Å²) in [7, 11) is 1.26. The molecule has 8 nitrogen and oxygen atoms in total. The van der Waals surface area contributed by atoms with Gasteiger partial charge in [-0.1, -0.05) is 60.1 Å². The number of carbonyl (C=O) groups is 2. The Morgan fingerprint density at radius 1 is 0.978 bits per heavy atom. The van der Waals surface area contributed by atoms with E-state index in [1.807, 2.05) is 78.9 Å². The topological polar surface area (TPSA) is 107 Å². The minimum atomic E-state index is -1.08. The first-order valence-electron chi connectivity index (χ1n) is 14.9. The summed E-state index contributed by atoms with van der Waals surface area (Å²) in [6.45, 7) is 1.50. The quantitative estimate of drug-likeness (QED) is 0.189. The van der Waals surface area contributed by atoms with Crippen molar-refractivity contribution < 1.29 is 19.1 Å². The van der Waals surface area contributed by atoms with Crippen LogP contribution in [0.2, 0.25) is 5.02 Å². The van der Waals surface area contributed by atoms with Crippen molar-refractivity contribution in [1.29, 1.82) is 0 Å². The average Bonchev–Trinajstić information content (AvgIpc) is 3.08. The molecule has 1 aliphatic rings. The highest BCUT2D eigenvalue weighted by Crippen LogP contribution is 2.31. The molecular weight excluding hydrogens is 608 g/mol. The van der Waals surface area contributed by atoms with Crippen LogP contribution < -0.4 is 16.0 Å². The van der Waals surface area contributed by atoms with E-state index in [1.165, 1.54) is 7.11 Å². The molecular formula is C35H37ClN4O4S. The van der Waals surface area contributed by atoms with E-state index >= 15 is 0 Å². The number of aromatic nitrogens is 1. The van der Waals surface area contributed by atoms with Crippen molar-refractivity contribution in [2.45, 2.75) is 41.9 Å². The van der Waals surface area contributed by atoms with Gasteiger partial charge >= 0.3 is 6.09 Å². The molecule has 0 aliphatic carbocycles. The second-order valence-electron chi connectivity index (χ2n) is 10.8. The average molecular weight is 645 g/mol. The monoisotopic (exact) mass is 644 g/mol. The Labute approximate surface area is 273 Å². The van der Waals surface area contributed by atoms with Crippen LogP contribution in [0, 0.1) is 0 Å². The van der Waals surface area contributed by atoms with Crippen LogP contribution >= 0.6 is 23.4 Å². The summed E-state index contributed by atoms with van der Waals surface area (Å²) in [5.41, 5.74) is 9.68. The lowest BCUT2D eigenvalue weighted by atomic mass is 9.85. The number of nitrogens with one attached hydrogen (secondary N) is 1. The molecule has 4 atom stereocenters. The van der Waals surface area contributed by atoms with E-state index in [1.54, 1.807) is 36.3 Å². The van der Waals surface area contributed by atoms with Crippen molar-refractivity contribution in [3.05, 3.63) is 125 Å². The number of hydrogen-bond acceptors (Lipinski definition) is 8. The normalized spacial score (nSPS) is 17.7. The fraction of sp³-hybridized carbons (Fsp3) is 0.286. The molecule has 3 aromatic carbocycles. The van der Waals surface area contributed by atoms with Crippen LogP contribution in [0.25, 0.3) is 0 Å². The zero-order chi connectivity index (χ0) is 31.6. The number of ether oxygens (including phenoxy) is 2. The predicted molar refractivity (Wildman–Crippen MR) is 179 cm³/mol. The molecule has 2 unspecified atom stereocenters. The van der Waals surface area contributed by atoms with E-state index < -0.39 is 24.0 Å². The maximum Gasteiger partial charge on any atom is 0.420 e. The number of imide groups is 1. The Kier molecular flexibility index (Phi) is 11.6. The van der Waals surface area contributed by atoms with Crippen LogP contribution in [0.5, 0.6) is 0 Å². The molecule has 0 spiro atoms.